The minimum atomic E-state index is -0.302. The highest BCUT2D eigenvalue weighted by molar-refractivity contribution is 6.03. The van der Waals surface area contributed by atoms with E-state index in [4.69, 9.17) is 9.47 Å². The molecule has 3 rings (SSSR count). The molecule has 0 amide bonds. The molecule has 0 bridgehead atoms. The van der Waals surface area contributed by atoms with Crippen LogP contribution >= 0.6 is 0 Å². The lowest BCUT2D eigenvalue weighted by atomic mass is 9.86. The first-order chi connectivity index (χ1) is 13.7. The Morgan fingerprint density at radius 2 is 1.83 bits per heavy atom. The van der Waals surface area contributed by atoms with E-state index in [2.05, 4.69) is 55.1 Å². The Morgan fingerprint density at radius 3 is 2.31 bits per heavy atom. The summed E-state index contributed by atoms with van der Waals surface area (Å²) in [6.07, 6.45) is 2.19. The number of esters is 1. The zero-order chi connectivity index (χ0) is 21.2. The molecule has 0 saturated carbocycles. The van der Waals surface area contributed by atoms with E-state index in [1.165, 1.54) is 5.56 Å². The number of carbonyl (C=O) groups excluding carboxylic acids is 1. The Balaban J connectivity index is 2.04. The number of ether oxygens (including phenoxy) is 2. The summed E-state index contributed by atoms with van der Waals surface area (Å²) >= 11 is 0. The highest BCUT2D eigenvalue weighted by atomic mass is 16.7. The molecule has 1 atom stereocenters. The third kappa shape index (κ3) is 4.94. The minimum absolute atomic E-state index is 0.0532. The molecule has 0 radical (unpaired) electrons. The Bertz CT molecular complexity index is 941. The van der Waals surface area contributed by atoms with Crippen molar-refractivity contribution in [2.24, 2.45) is 12.0 Å². The highest BCUT2D eigenvalue weighted by Crippen LogP contribution is 2.35. The molecule has 0 saturated heterocycles. The Kier molecular flexibility index (Phi) is 5.91. The zero-order valence-electron chi connectivity index (χ0n) is 18.0. The summed E-state index contributed by atoms with van der Waals surface area (Å²) in [7, 11) is 1.87. The second-order valence-corrected chi connectivity index (χ2v) is 8.24. The van der Waals surface area contributed by atoms with Gasteiger partial charge in [-0.1, -0.05) is 52.0 Å². The molecular formula is C23H29N3O3. The molecule has 2 aromatic rings. The van der Waals surface area contributed by atoms with Crippen molar-refractivity contribution in [2.45, 2.75) is 52.5 Å². The average molecular weight is 396 g/mol. The van der Waals surface area contributed by atoms with Gasteiger partial charge in [-0.25, -0.2) is 0 Å². The number of aliphatic imine (C=N–C) groups is 1. The molecular weight excluding hydrogens is 366 g/mol. The largest absolute Gasteiger partial charge is 0.455 e. The number of aryl methyl sites for hydroxylation is 2. The number of rotatable bonds is 7. The molecule has 0 N–H and O–H groups in total. The maximum atomic E-state index is 11.6. The Hall–Kier alpha value is -2.89. The summed E-state index contributed by atoms with van der Waals surface area (Å²) in [4.78, 5) is 16.0. The Labute approximate surface area is 172 Å². The van der Waals surface area contributed by atoms with Gasteiger partial charge in [-0.3, -0.25) is 14.5 Å². The first-order valence-corrected chi connectivity index (χ1v) is 9.88. The minimum Gasteiger partial charge on any atom is -0.455 e. The van der Waals surface area contributed by atoms with Crippen LogP contribution in [0, 0.1) is 6.92 Å². The zero-order valence-corrected chi connectivity index (χ0v) is 18.0. The summed E-state index contributed by atoms with van der Waals surface area (Å²) in [5, 5.41) is 4.45. The van der Waals surface area contributed by atoms with E-state index in [1.54, 1.807) is 11.6 Å². The van der Waals surface area contributed by atoms with Crippen molar-refractivity contribution in [2.75, 3.05) is 6.79 Å². The number of aromatic nitrogens is 2. The van der Waals surface area contributed by atoms with Crippen LogP contribution in [0.15, 0.2) is 35.3 Å². The van der Waals surface area contributed by atoms with Gasteiger partial charge in [-0.05, 0) is 29.5 Å². The Morgan fingerprint density at radius 1 is 1.17 bits per heavy atom. The smallest absolute Gasteiger partial charge is 0.308 e. The number of hydrogen-bond acceptors (Lipinski definition) is 5. The predicted molar refractivity (Wildman–Crippen MR) is 115 cm³/mol. The molecule has 29 heavy (non-hydrogen) atoms. The fourth-order valence-corrected chi connectivity index (χ4v) is 3.15. The van der Waals surface area contributed by atoms with Crippen molar-refractivity contribution in [3.05, 3.63) is 52.8 Å². The van der Waals surface area contributed by atoms with E-state index in [0.29, 0.717) is 12.2 Å². The van der Waals surface area contributed by atoms with Crippen LogP contribution < -0.4 is 0 Å². The van der Waals surface area contributed by atoms with Gasteiger partial charge in [-0.15, -0.1) is 0 Å². The van der Waals surface area contributed by atoms with Crippen LogP contribution in [0.5, 0.6) is 0 Å². The molecule has 0 spiro atoms. The molecule has 0 fully saturated rings. The molecule has 6 nitrogen and oxygen atoms in total. The van der Waals surface area contributed by atoms with Crippen LogP contribution in [-0.2, 0) is 26.7 Å². The van der Waals surface area contributed by atoms with Gasteiger partial charge in [0.15, 0.2) is 5.76 Å². The third-order valence-corrected chi connectivity index (χ3v) is 4.85. The second-order valence-electron chi connectivity index (χ2n) is 8.24. The standard InChI is InChI=1S/C23H29N3O3/c1-7-20(27)28-14-29-22(19-12-15(2)25-26(19)6)21(18-13-24-18)16-8-10-17(11-9-16)23(3,4)5/h8-13,18H,7,14H2,1-6H3/b22-21+. The fourth-order valence-electron chi connectivity index (χ4n) is 3.15. The van der Waals surface area contributed by atoms with Crippen molar-refractivity contribution < 1.29 is 14.3 Å². The number of benzene rings is 1. The van der Waals surface area contributed by atoms with Gasteiger partial charge in [0.2, 0.25) is 6.79 Å². The lowest BCUT2D eigenvalue weighted by Crippen LogP contribution is -2.12. The quantitative estimate of drug-likeness (QED) is 0.399. The molecule has 1 aliphatic heterocycles. The van der Waals surface area contributed by atoms with E-state index in [9.17, 15) is 4.79 Å². The predicted octanol–water partition coefficient (Wildman–Crippen LogP) is 4.27. The first-order valence-electron chi connectivity index (χ1n) is 9.88. The highest BCUT2D eigenvalue weighted by Gasteiger charge is 2.28. The van der Waals surface area contributed by atoms with Gasteiger partial charge in [-0.2, -0.15) is 5.10 Å². The maximum Gasteiger partial charge on any atom is 0.308 e. The average Bonchev–Trinajstić information content (AvgIpc) is 3.44. The molecule has 6 heteroatoms. The third-order valence-electron chi connectivity index (χ3n) is 4.85. The van der Waals surface area contributed by atoms with Crippen molar-refractivity contribution in [3.8, 4) is 0 Å². The van der Waals surface area contributed by atoms with Crippen molar-refractivity contribution in [1.82, 2.24) is 9.78 Å². The normalized spacial score (nSPS) is 16.4. The van der Waals surface area contributed by atoms with Crippen molar-refractivity contribution >= 4 is 23.5 Å². The molecule has 154 valence electrons. The van der Waals surface area contributed by atoms with E-state index in [0.717, 1.165) is 22.5 Å². The van der Waals surface area contributed by atoms with E-state index >= 15 is 0 Å². The lowest BCUT2D eigenvalue weighted by molar-refractivity contribution is -0.151. The first kappa shape index (κ1) is 20.8. The van der Waals surface area contributed by atoms with E-state index < -0.39 is 0 Å². The lowest BCUT2D eigenvalue weighted by Gasteiger charge is -2.20. The van der Waals surface area contributed by atoms with Gasteiger partial charge in [0.1, 0.15) is 11.7 Å². The summed E-state index contributed by atoms with van der Waals surface area (Å²) in [6.45, 7) is 10.1. The van der Waals surface area contributed by atoms with Crippen molar-refractivity contribution in [1.29, 1.82) is 0 Å². The molecule has 0 aliphatic carbocycles. The van der Waals surface area contributed by atoms with Gasteiger partial charge >= 0.3 is 5.97 Å². The number of hydrogen-bond donors (Lipinski definition) is 0. The maximum absolute atomic E-state index is 11.6. The van der Waals surface area contributed by atoms with Crippen molar-refractivity contribution in [3.63, 3.8) is 0 Å². The van der Waals surface area contributed by atoms with E-state index in [1.807, 2.05) is 26.3 Å². The molecule has 1 unspecified atom stereocenters. The molecule has 1 aliphatic rings. The second kappa shape index (κ2) is 8.23. The van der Waals surface area contributed by atoms with Crippen LogP contribution in [0.2, 0.25) is 0 Å². The summed E-state index contributed by atoms with van der Waals surface area (Å²) in [5.41, 5.74) is 5.00. The van der Waals surface area contributed by atoms with Gasteiger partial charge in [0, 0.05) is 25.3 Å². The molecule has 2 heterocycles. The van der Waals surface area contributed by atoms with Gasteiger partial charge in [0.05, 0.1) is 5.69 Å². The van der Waals surface area contributed by atoms with Crippen LogP contribution in [0.1, 0.15) is 56.6 Å². The van der Waals surface area contributed by atoms with Crippen LogP contribution in [0.25, 0.3) is 11.3 Å². The molecule has 1 aromatic carbocycles. The number of nitrogens with zero attached hydrogens (tertiary/aromatic N) is 3. The topological polar surface area (TPSA) is 65.7 Å². The SMILES string of the molecule is CCC(=O)OCO/C(=C(\c1ccc(C(C)(C)C)cc1)C1C=N1)c1cc(C)nn1C. The molecule has 1 aromatic heterocycles. The van der Waals surface area contributed by atoms with Crippen LogP contribution in [-0.4, -0.2) is 34.8 Å². The summed E-state index contributed by atoms with van der Waals surface area (Å²) in [5.74, 6) is 0.326. The van der Waals surface area contributed by atoms with Gasteiger partial charge in [0.25, 0.3) is 0 Å². The van der Waals surface area contributed by atoms with Crippen LogP contribution in [0.4, 0.5) is 0 Å². The van der Waals surface area contributed by atoms with Gasteiger partial charge < -0.3 is 9.47 Å². The van der Waals surface area contributed by atoms with Crippen LogP contribution in [0.3, 0.4) is 0 Å². The van der Waals surface area contributed by atoms with E-state index in [-0.39, 0.29) is 24.2 Å². The monoisotopic (exact) mass is 395 g/mol. The number of carbonyl (C=O) groups is 1. The summed E-state index contributed by atoms with van der Waals surface area (Å²) < 4.78 is 13.0. The fraction of sp³-hybridized carbons (Fsp3) is 0.435. The summed E-state index contributed by atoms with van der Waals surface area (Å²) in [6, 6.07) is 10.4.